The summed E-state index contributed by atoms with van der Waals surface area (Å²) in [5.41, 5.74) is 4.49. The van der Waals surface area contributed by atoms with Crippen LogP contribution in [-0.2, 0) is 19.3 Å². The molecule has 0 heterocycles. The van der Waals surface area contributed by atoms with E-state index >= 15 is 0 Å². The Kier molecular flexibility index (Phi) is 3.06. The third-order valence-corrected chi connectivity index (χ3v) is 3.17. The van der Waals surface area contributed by atoms with E-state index < -0.39 is 0 Å². The highest BCUT2D eigenvalue weighted by molar-refractivity contribution is 6.23. The molecule has 0 aromatic heterocycles. The second-order valence-electron chi connectivity index (χ2n) is 5.21. The summed E-state index contributed by atoms with van der Waals surface area (Å²) >= 11 is 6.25. The number of alkyl halides is 1. The highest BCUT2D eigenvalue weighted by Crippen LogP contribution is 2.25. The molecule has 0 fully saturated rings. The molecule has 0 nitrogen and oxygen atoms in total. The number of benzene rings is 1. The van der Waals surface area contributed by atoms with Gasteiger partial charge in [-0.3, -0.25) is 0 Å². The van der Waals surface area contributed by atoms with Gasteiger partial charge in [0.2, 0.25) is 0 Å². The maximum absolute atomic E-state index is 6.25. The van der Waals surface area contributed by atoms with Crippen LogP contribution in [0.25, 0.3) is 0 Å². The van der Waals surface area contributed by atoms with Crippen LogP contribution in [-0.4, -0.2) is 4.87 Å². The van der Waals surface area contributed by atoms with E-state index in [1.165, 1.54) is 31.2 Å². The zero-order chi connectivity index (χ0) is 10.9. The summed E-state index contributed by atoms with van der Waals surface area (Å²) in [5.74, 6) is 0. The maximum atomic E-state index is 6.25. The van der Waals surface area contributed by atoms with Crippen molar-refractivity contribution < 1.29 is 0 Å². The van der Waals surface area contributed by atoms with E-state index in [-0.39, 0.29) is 4.87 Å². The predicted molar refractivity (Wildman–Crippen MR) is 66.7 cm³/mol. The van der Waals surface area contributed by atoms with Crippen LogP contribution in [0.3, 0.4) is 0 Å². The normalized spacial score (nSPS) is 16.2. The summed E-state index contributed by atoms with van der Waals surface area (Å²) in [6, 6.07) is 6.90. The molecule has 0 radical (unpaired) electrons. The van der Waals surface area contributed by atoms with Crippen molar-refractivity contribution in [3.63, 3.8) is 0 Å². The van der Waals surface area contributed by atoms with E-state index in [0.29, 0.717) is 0 Å². The molecule has 0 amide bonds. The second-order valence-corrected chi connectivity index (χ2v) is 6.23. The largest absolute Gasteiger partial charge is 0.120 e. The minimum absolute atomic E-state index is 0.122. The Labute approximate surface area is 97.6 Å². The highest BCUT2D eigenvalue weighted by atomic mass is 35.5. The van der Waals surface area contributed by atoms with Gasteiger partial charge in [0.25, 0.3) is 0 Å². The first-order chi connectivity index (χ1) is 7.04. The minimum atomic E-state index is -0.122. The molecule has 0 spiro atoms. The average Bonchev–Trinajstić information content (AvgIpc) is 2.15. The molecule has 0 N–H and O–H groups in total. The fourth-order valence-electron chi connectivity index (χ4n) is 2.38. The number of aryl methyl sites for hydroxylation is 2. The summed E-state index contributed by atoms with van der Waals surface area (Å²) < 4.78 is 0. The van der Waals surface area contributed by atoms with Gasteiger partial charge in [-0.25, -0.2) is 0 Å². The summed E-state index contributed by atoms with van der Waals surface area (Å²) in [6.07, 6.45) is 6.18. The average molecular weight is 223 g/mol. The number of hydrogen-bond donors (Lipinski definition) is 0. The fraction of sp³-hybridized carbons (Fsp3) is 0.571. The molecular formula is C14H19Cl. The maximum Gasteiger partial charge on any atom is 0.0430 e. The van der Waals surface area contributed by atoms with Gasteiger partial charge in [-0.05, 0) is 62.6 Å². The molecular weight excluding hydrogens is 204 g/mol. The lowest BCUT2D eigenvalue weighted by atomic mass is 9.89. The van der Waals surface area contributed by atoms with E-state index in [4.69, 9.17) is 11.6 Å². The van der Waals surface area contributed by atoms with Crippen LogP contribution in [0.5, 0.6) is 0 Å². The zero-order valence-corrected chi connectivity index (χ0v) is 10.4. The van der Waals surface area contributed by atoms with Crippen LogP contribution in [0.2, 0.25) is 0 Å². The Morgan fingerprint density at radius 1 is 1.13 bits per heavy atom. The first-order valence-electron chi connectivity index (χ1n) is 5.84. The first-order valence-corrected chi connectivity index (χ1v) is 6.22. The van der Waals surface area contributed by atoms with Crippen LogP contribution in [0.15, 0.2) is 18.2 Å². The van der Waals surface area contributed by atoms with Gasteiger partial charge >= 0.3 is 0 Å². The summed E-state index contributed by atoms with van der Waals surface area (Å²) in [5, 5.41) is 0. The van der Waals surface area contributed by atoms with Crippen molar-refractivity contribution >= 4 is 11.6 Å². The Morgan fingerprint density at radius 3 is 2.47 bits per heavy atom. The Hall–Kier alpha value is -0.490. The van der Waals surface area contributed by atoms with Crippen molar-refractivity contribution in [2.75, 3.05) is 0 Å². The molecule has 0 atom stereocenters. The Bertz CT molecular complexity index is 347. The van der Waals surface area contributed by atoms with Gasteiger partial charge in [0, 0.05) is 4.87 Å². The van der Waals surface area contributed by atoms with Crippen LogP contribution in [0.4, 0.5) is 0 Å². The van der Waals surface area contributed by atoms with Crippen molar-refractivity contribution in [3.05, 3.63) is 34.9 Å². The minimum Gasteiger partial charge on any atom is -0.120 e. The lowest BCUT2D eigenvalue weighted by Gasteiger charge is -2.19. The van der Waals surface area contributed by atoms with Gasteiger partial charge < -0.3 is 0 Å². The van der Waals surface area contributed by atoms with Crippen molar-refractivity contribution in [2.45, 2.75) is 50.8 Å². The molecule has 2 rings (SSSR count). The molecule has 0 saturated carbocycles. The Balaban J connectivity index is 2.21. The first kappa shape index (κ1) is 11.0. The standard InChI is InChI=1S/C14H19Cl/c1-14(2,15)10-11-7-8-12-5-3-4-6-13(12)9-11/h7-9H,3-6,10H2,1-2H3. The molecule has 15 heavy (non-hydrogen) atoms. The smallest absolute Gasteiger partial charge is 0.0430 e. The monoisotopic (exact) mass is 222 g/mol. The van der Waals surface area contributed by atoms with Gasteiger partial charge in [-0.2, -0.15) is 0 Å². The van der Waals surface area contributed by atoms with Gasteiger partial charge in [0.15, 0.2) is 0 Å². The van der Waals surface area contributed by atoms with E-state index in [2.05, 4.69) is 32.0 Å². The number of hydrogen-bond acceptors (Lipinski definition) is 0. The number of rotatable bonds is 2. The lowest BCUT2D eigenvalue weighted by molar-refractivity contribution is 0.672. The molecule has 0 unspecified atom stereocenters. The van der Waals surface area contributed by atoms with Gasteiger partial charge in [0.05, 0.1) is 0 Å². The van der Waals surface area contributed by atoms with E-state index in [1.807, 2.05) is 0 Å². The second kappa shape index (κ2) is 4.17. The van der Waals surface area contributed by atoms with Crippen molar-refractivity contribution in [3.8, 4) is 0 Å². The molecule has 0 bridgehead atoms. The van der Waals surface area contributed by atoms with Crippen LogP contribution < -0.4 is 0 Å². The molecule has 82 valence electrons. The number of fused-ring (bicyclic) bond motifs is 1. The third-order valence-electron chi connectivity index (χ3n) is 3.04. The molecule has 1 aliphatic rings. The van der Waals surface area contributed by atoms with Crippen molar-refractivity contribution in [1.82, 2.24) is 0 Å². The van der Waals surface area contributed by atoms with Crippen molar-refractivity contribution in [2.24, 2.45) is 0 Å². The molecule has 1 aliphatic carbocycles. The van der Waals surface area contributed by atoms with Crippen LogP contribution in [0, 0.1) is 0 Å². The van der Waals surface area contributed by atoms with Crippen LogP contribution in [0.1, 0.15) is 43.4 Å². The molecule has 0 aliphatic heterocycles. The van der Waals surface area contributed by atoms with E-state index in [9.17, 15) is 0 Å². The fourth-order valence-corrected chi connectivity index (χ4v) is 2.54. The predicted octanol–water partition coefficient (Wildman–Crippen LogP) is 4.13. The number of halogens is 1. The van der Waals surface area contributed by atoms with Gasteiger partial charge in [-0.15, -0.1) is 11.6 Å². The van der Waals surface area contributed by atoms with Crippen LogP contribution >= 0.6 is 11.6 Å². The van der Waals surface area contributed by atoms with Gasteiger partial charge in [0.1, 0.15) is 0 Å². The summed E-state index contributed by atoms with van der Waals surface area (Å²) in [7, 11) is 0. The van der Waals surface area contributed by atoms with E-state index in [1.54, 1.807) is 11.1 Å². The highest BCUT2D eigenvalue weighted by Gasteiger charge is 2.16. The third kappa shape index (κ3) is 2.98. The van der Waals surface area contributed by atoms with Crippen molar-refractivity contribution in [1.29, 1.82) is 0 Å². The van der Waals surface area contributed by atoms with E-state index in [0.717, 1.165) is 6.42 Å². The Morgan fingerprint density at radius 2 is 1.80 bits per heavy atom. The molecule has 1 heteroatoms. The summed E-state index contributed by atoms with van der Waals surface area (Å²) in [6.45, 7) is 4.15. The molecule has 0 saturated heterocycles. The molecule has 1 aromatic rings. The van der Waals surface area contributed by atoms with Gasteiger partial charge in [-0.1, -0.05) is 18.2 Å². The quantitative estimate of drug-likeness (QED) is 0.661. The topological polar surface area (TPSA) is 0 Å². The SMILES string of the molecule is CC(C)(Cl)Cc1ccc2c(c1)CCCC2. The lowest BCUT2D eigenvalue weighted by Crippen LogP contribution is -2.14. The summed E-state index contributed by atoms with van der Waals surface area (Å²) in [4.78, 5) is -0.122. The molecule has 1 aromatic carbocycles. The zero-order valence-electron chi connectivity index (χ0n) is 9.65.